The first-order chi connectivity index (χ1) is 9.16. The van der Waals surface area contributed by atoms with Crippen LogP contribution in [0.1, 0.15) is 16.9 Å². The van der Waals surface area contributed by atoms with Crippen molar-refractivity contribution in [3.8, 4) is 0 Å². The van der Waals surface area contributed by atoms with E-state index in [1.54, 1.807) is 41.5 Å². The van der Waals surface area contributed by atoms with Gasteiger partial charge in [0.2, 0.25) is 5.91 Å². The number of benzene rings is 1. The molecule has 0 unspecified atom stereocenters. The Labute approximate surface area is 116 Å². The van der Waals surface area contributed by atoms with Crippen LogP contribution in [0.5, 0.6) is 0 Å². The zero-order valence-corrected chi connectivity index (χ0v) is 11.6. The van der Waals surface area contributed by atoms with E-state index >= 15 is 0 Å². The molecular weight excluding hydrogens is 261 g/mol. The molecule has 0 fully saturated rings. The van der Waals surface area contributed by atoms with Crippen molar-refractivity contribution in [2.45, 2.75) is 19.4 Å². The van der Waals surface area contributed by atoms with Gasteiger partial charge in [0.15, 0.2) is 0 Å². The Morgan fingerprint density at radius 2 is 2.05 bits per heavy atom. The maximum absolute atomic E-state index is 13.5. The molecule has 100 valence electrons. The normalized spacial score (nSPS) is 10.4. The lowest BCUT2D eigenvalue weighted by Crippen LogP contribution is -2.26. The summed E-state index contributed by atoms with van der Waals surface area (Å²) in [5.41, 5.74) is 0.550. The van der Waals surface area contributed by atoms with Gasteiger partial charge in [-0.15, -0.1) is 11.3 Å². The molecular formula is C15H16FNOS. The van der Waals surface area contributed by atoms with Gasteiger partial charge in [-0.3, -0.25) is 4.79 Å². The highest BCUT2D eigenvalue weighted by atomic mass is 32.1. The summed E-state index contributed by atoms with van der Waals surface area (Å²) >= 11 is 1.65. The average molecular weight is 277 g/mol. The number of carbonyl (C=O) groups is 1. The van der Waals surface area contributed by atoms with Crippen LogP contribution in [0.4, 0.5) is 4.39 Å². The van der Waals surface area contributed by atoms with Crippen LogP contribution in [-0.2, 0) is 17.8 Å². The van der Waals surface area contributed by atoms with Crippen molar-refractivity contribution >= 4 is 17.2 Å². The molecule has 1 aromatic heterocycles. The predicted molar refractivity (Wildman–Crippen MR) is 75.5 cm³/mol. The Hall–Kier alpha value is -1.68. The van der Waals surface area contributed by atoms with Gasteiger partial charge in [-0.2, -0.15) is 0 Å². The van der Waals surface area contributed by atoms with Crippen molar-refractivity contribution in [2.75, 3.05) is 7.05 Å². The van der Waals surface area contributed by atoms with Crippen molar-refractivity contribution in [1.82, 2.24) is 4.90 Å². The van der Waals surface area contributed by atoms with E-state index in [4.69, 9.17) is 0 Å². The second-order valence-corrected chi connectivity index (χ2v) is 5.45. The van der Waals surface area contributed by atoms with Crippen LogP contribution in [0.15, 0.2) is 41.8 Å². The highest BCUT2D eigenvalue weighted by Crippen LogP contribution is 2.13. The number of amides is 1. The molecule has 4 heteroatoms. The Bertz CT molecular complexity index is 539. The van der Waals surface area contributed by atoms with Gasteiger partial charge in [-0.25, -0.2) is 4.39 Å². The van der Waals surface area contributed by atoms with E-state index in [-0.39, 0.29) is 11.7 Å². The highest BCUT2D eigenvalue weighted by molar-refractivity contribution is 7.09. The number of rotatable bonds is 5. The molecule has 0 N–H and O–H groups in total. The second kappa shape index (κ2) is 6.48. The molecule has 0 saturated carbocycles. The van der Waals surface area contributed by atoms with Crippen LogP contribution < -0.4 is 0 Å². The van der Waals surface area contributed by atoms with Gasteiger partial charge in [0.1, 0.15) is 5.82 Å². The van der Waals surface area contributed by atoms with Crippen LogP contribution in [-0.4, -0.2) is 17.9 Å². The summed E-state index contributed by atoms with van der Waals surface area (Å²) in [4.78, 5) is 14.7. The number of thiophene rings is 1. The first-order valence-electron chi connectivity index (χ1n) is 6.16. The van der Waals surface area contributed by atoms with Crippen LogP contribution in [0.3, 0.4) is 0 Å². The summed E-state index contributed by atoms with van der Waals surface area (Å²) in [5.74, 6) is -0.225. The molecule has 0 spiro atoms. The zero-order chi connectivity index (χ0) is 13.7. The van der Waals surface area contributed by atoms with E-state index in [2.05, 4.69) is 0 Å². The zero-order valence-electron chi connectivity index (χ0n) is 10.8. The fourth-order valence-electron chi connectivity index (χ4n) is 1.85. The van der Waals surface area contributed by atoms with E-state index in [1.165, 1.54) is 10.9 Å². The lowest BCUT2D eigenvalue weighted by Gasteiger charge is -2.17. The summed E-state index contributed by atoms with van der Waals surface area (Å²) in [7, 11) is 1.71. The number of nitrogens with zero attached hydrogens (tertiary/aromatic N) is 1. The molecule has 2 aromatic rings. The van der Waals surface area contributed by atoms with Crippen LogP contribution in [0.2, 0.25) is 0 Å². The Morgan fingerprint density at radius 3 is 2.74 bits per heavy atom. The number of aryl methyl sites for hydroxylation is 1. The molecule has 1 amide bonds. The molecule has 0 atom stereocenters. The minimum absolute atomic E-state index is 0.0386. The molecule has 0 saturated heterocycles. The third-order valence-electron chi connectivity index (χ3n) is 2.96. The number of hydrogen-bond acceptors (Lipinski definition) is 2. The maximum atomic E-state index is 13.5. The van der Waals surface area contributed by atoms with Crippen molar-refractivity contribution < 1.29 is 9.18 Å². The fourth-order valence-corrected chi connectivity index (χ4v) is 2.56. The molecule has 19 heavy (non-hydrogen) atoms. The maximum Gasteiger partial charge on any atom is 0.222 e. The van der Waals surface area contributed by atoms with Gasteiger partial charge >= 0.3 is 0 Å². The van der Waals surface area contributed by atoms with E-state index in [0.29, 0.717) is 18.5 Å². The molecule has 1 aromatic carbocycles. The first-order valence-corrected chi connectivity index (χ1v) is 7.04. The topological polar surface area (TPSA) is 20.3 Å². The van der Waals surface area contributed by atoms with Crippen LogP contribution in [0, 0.1) is 5.82 Å². The van der Waals surface area contributed by atoms with E-state index in [9.17, 15) is 9.18 Å². The molecule has 0 aliphatic rings. The standard InChI is InChI=1S/C15H16FNOS/c1-17(11-12-5-2-3-7-14(12)16)15(18)9-8-13-6-4-10-19-13/h2-7,10H,8-9,11H2,1H3. The van der Waals surface area contributed by atoms with E-state index in [1.807, 2.05) is 17.5 Å². The summed E-state index contributed by atoms with van der Waals surface area (Å²) in [6.45, 7) is 0.315. The monoisotopic (exact) mass is 277 g/mol. The number of halogens is 1. The minimum Gasteiger partial charge on any atom is -0.341 e. The quantitative estimate of drug-likeness (QED) is 0.819. The molecule has 2 rings (SSSR count). The Balaban J connectivity index is 1.87. The van der Waals surface area contributed by atoms with Crippen LogP contribution in [0.25, 0.3) is 0 Å². The van der Waals surface area contributed by atoms with Gasteiger partial charge in [-0.1, -0.05) is 24.3 Å². The third kappa shape index (κ3) is 3.89. The van der Waals surface area contributed by atoms with Gasteiger partial charge in [0.25, 0.3) is 0 Å². The third-order valence-corrected chi connectivity index (χ3v) is 3.89. The van der Waals surface area contributed by atoms with Gasteiger partial charge in [-0.05, 0) is 23.9 Å². The summed E-state index contributed by atoms with van der Waals surface area (Å²) in [6.07, 6.45) is 1.21. The van der Waals surface area contributed by atoms with Gasteiger partial charge in [0, 0.05) is 30.5 Å². The van der Waals surface area contributed by atoms with Crippen LogP contribution >= 0.6 is 11.3 Å². The van der Waals surface area contributed by atoms with Crippen molar-refractivity contribution in [3.05, 3.63) is 58.0 Å². The summed E-state index contributed by atoms with van der Waals surface area (Å²) in [5, 5.41) is 2.00. The average Bonchev–Trinajstić information content (AvgIpc) is 2.91. The van der Waals surface area contributed by atoms with Gasteiger partial charge in [0.05, 0.1) is 0 Å². The molecule has 1 heterocycles. The lowest BCUT2D eigenvalue weighted by molar-refractivity contribution is -0.130. The number of hydrogen-bond donors (Lipinski definition) is 0. The summed E-state index contributed by atoms with van der Waals surface area (Å²) < 4.78 is 13.5. The van der Waals surface area contributed by atoms with Crippen molar-refractivity contribution in [3.63, 3.8) is 0 Å². The smallest absolute Gasteiger partial charge is 0.222 e. The molecule has 2 nitrogen and oxygen atoms in total. The number of carbonyl (C=O) groups excluding carboxylic acids is 1. The molecule has 0 bridgehead atoms. The largest absolute Gasteiger partial charge is 0.341 e. The Kier molecular flexibility index (Phi) is 4.68. The summed E-state index contributed by atoms with van der Waals surface area (Å²) in [6, 6.07) is 10.6. The molecule has 0 aliphatic carbocycles. The van der Waals surface area contributed by atoms with E-state index in [0.717, 1.165) is 6.42 Å². The predicted octanol–water partition coefficient (Wildman–Crippen LogP) is 3.48. The highest BCUT2D eigenvalue weighted by Gasteiger charge is 2.11. The SMILES string of the molecule is CN(Cc1ccccc1F)C(=O)CCc1cccs1. The fraction of sp³-hybridized carbons (Fsp3) is 0.267. The Morgan fingerprint density at radius 1 is 1.26 bits per heavy atom. The minimum atomic E-state index is -0.264. The van der Waals surface area contributed by atoms with Crippen molar-refractivity contribution in [2.24, 2.45) is 0 Å². The van der Waals surface area contributed by atoms with Gasteiger partial charge < -0.3 is 4.90 Å². The molecule has 0 radical (unpaired) electrons. The molecule has 0 aliphatic heterocycles. The lowest BCUT2D eigenvalue weighted by atomic mass is 10.2. The first kappa shape index (κ1) is 13.7. The van der Waals surface area contributed by atoms with Crippen molar-refractivity contribution in [1.29, 1.82) is 0 Å². The van der Waals surface area contributed by atoms with E-state index < -0.39 is 0 Å². The second-order valence-electron chi connectivity index (χ2n) is 4.42.